The first-order valence-electron chi connectivity index (χ1n) is 7.70. The van der Waals surface area contributed by atoms with Gasteiger partial charge in [-0.1, -0.05) is 36.4 Å². The molecule has 3 nitrogen and oxygen atoms in total. The Balaban J connectivity index is 1.71. The van der Waals surface area contributed by atoms with Gasteiger partial charge in [-0.25, -0.2) is 0 Å². The molecule has 0 saturated heterocycles. The molecule has 1 aliphatic rings. The first-order chi connectivity index (χ1) is 10.8. The van der Waals surface area contributed by atoms with E-state index in [-0.39, 0.29) is 6.10 Å². The van der Waals surface area contributed by atoms with Crippen LogP contribution < -0.4 is 4.74 Å². The van der Waals surface area contributed by atoms with E-state index in [0.29, 0.717) is 0 Å². The van der Waals surface area contributed by atoms with Gasteiger partial charge < -0.3 is 14.1 Å². The van der Waals surface area contributed by atoms with E-state index in [2.05, 4.69) is 42.3 Å². The van der Waals surface area contributed by atoms with Crippen LogP contribution in [0, 0.1) is 0 Å². The number of hydrogen-bond donors (Lipinski definition) is 0. The second kappa shape index (κ2) is 5.50. The minimum Gasteiger partial charge on any atom is -0.482 e. The fourth-order valence-corrected chi connectivity index (χ4v) is 3.16. The Kier molecular flexibility index (Phi) is 3.35. The highest BCUT2D eigenvalue weighted by atomic mass is 16.5. The van der Waals surface area contributed by atoms with E-state index >= 15 is 0 Å². The Labute approximate surface area is 130 Å². The van der Waals surface area contributed by atoms with Crippen molar-refractivity contribution in [2.75, 3.05) is 13.6 Å². The fraction of sp³-hybridized carbons (Fsp3) is 0.263. The normalized spacial score (nSPS) is 18.9. The molecule has 1 aromatic heterocycles. The highest BCUT2D eigenvalue weighted by molar-refractivity contribution is 5.88. The SMILES string of the molecule is CN1CC[C@@H](Oc2cccc3ccccc23)c2occc2C1. The van der Waals surface area contributed by atoms with Crippen LogP contribution in [0.25, 0.3) is 10.8 Å². The highest BCUT2D eigenvalue weighted by Gasteiger charge is 2.25. The molecule has 0 spiro atoms. The Morgan fingerprint density at radius 3 is 2.91 bits per heavy atom. The molecule has 3 aromatic rings. The fourth-order valence-electron chi connectivity index (χ4n) is 3.16. The van der Waals surface area contributed by atoms with Gasteiger partial charge in [0.2, 0.25) is 0 Å². The van der Waals surface area contributed by atoms with Gasteiger partial charge in [0.05, 0.1) is 6.26 Å². The molecular weight excluding hydrogens is 274 g/mol. The molecule has 0 N–H and O–H groups in total. The lowest BCUT2D eigenvalue weighted by molar-refractivity contribution is 0.161. The number of furan rings is 1. The zero-order chi connectivity index (χ0) is 14.9. The number of hydrogen-bond acceptors (Lipinski definition) is 3. The zero-order valence-corrected chi connectivity index (χ0v) is 12.7. The second-order valence-corrected chi connectivity index (χ2v) is 5.92. The standard InChI is InChI=1S/C19H19NO2/c1-20-11-9-18(19-15(13-20)10-12-21-19)22-17-8-4-6-14-5-2-3-7-16(14)17/h2-8,10,12,18H,9,11,13H2,1H3/t18-/m1/s1. The van der Waals surface area contributed by atoms with E-state index in [1.165, 1.54) is 10.9 Å². The molecular formula is C19H19NO2. The summed E-state index contributed by atoms with van der Waals surface area (Å²) in [5.74, 6) is 1.90. The average molecular weight is 293 g/mol. The third kappa shape index (κ3) is 2.38. The second-order valence-electron chi connectivity index (χ2n) is 5.92. The summed E-state index contributed by atoms with van der Waals surface area (Å²) in [4.78, 5) is 2.31. The average Bonchev–Trinajstić information content (AvgIpc) is 2.94. The topological polar surface area (TPSA) is 25.6 Å². The van der Waals surface area contributed by atoms with Gasteiger partial charge >= 0.3 is 0 Å². The quantitative estimate of drug-likeness (QED) is 0.701. The van der Waals surface area contributed by atoms with Crippen molar-refractivity contribution in [3.8, 4) is 5.75 Å². The summed E-state index contributed by atoms with van der Waals surface area (Å²) in [5.41, 5.74) is 1.23. The van der Waals surface area contributed by atoms with Crippen LogP contribution in [0.2, 0.25) is 0 Å². The maximum Gasteiger partial charge on any atom is 0.158 e. The first kappa shape index (κ1) is 13.4. The molecule has 0 bridgehead atoms. The van der Waals surface area contributed by atoms with E-state index in [9.17, 15) is 0 Å². The van der Waals surface area contributed by atoms with E-state index < -0.39 is 0 Å². The molecule has 22 heavy (non-hydrogen) atoms. The van der Waals surface area contributed by atoms with Crippen molar-refractivity contribution < 1.29 is 9.15 Å². The molecule has 2 heterocycles. The largest absolute Gasteiger partial charge is 0.482 e. The maximum atomic E-state index is 6.36. The monoisotopic (exact) mass is 293 g/mol. The van der Waals surface area contributed by atoms with Crippen LogP contribution in [0.15, 0.2) is 59.2 Å². The molecule has 2 aromatic carbocycles. The zero-order valence-electron chi connectivity index (χ0n) is 12.7. The maximum absolute atomic E-state index is 6.36. The van der Waals surface area contributed by atoms with E-state index in [1.807, 2.05) is 18.2 Å². The summed E-state index contributed by atoms with van der Waals surface area (Å²) >= 11 is 0. The molecule has 0 unspecified atom stereocenters. The molecule has 1 atom stereocenters. The summed E-state index contributed by atoms with van der Waals surface area (Å²) in [6.07, 6.45) is 2.67. The number of nitrogens with zero attached hydrogens (tertiary/aromatic N) is 1. The van der Waals surface area contributed by atoms with Gasteiger partial charge in [0.15, 0.2) is 6.10 Å². The summed E-state index contributed by atoms with van der Waals surface area (Å²) in [6, 6.07) is 16.6. The number of benzene rings is 2. The summed E-state index contributed by atoms with van der Waals surface area (Å²) in [7, 11) is 2.14. The Morgan fingerprint density at radius 1 is 1.09 bits per heavy atom. The Morgan fingerprint density at radius 2 is 1.95 bits per heavy atom. The molecule has 3 heteroatoms. The van der Waals surface area contributed by atoms with Crippen molar-refractivity contribution in [1.82, 2.24) is 4.90 Å². The minimum absolute atomic E-state index is 0.0271. The van der Waals surface area contributed by atoms with Crippen molar-refractivity contribution in [3.63, 3.8) is 0 Å². The molecule has 112 valence electrons. The van der Waals surface area contributed by atoms with Crippen LogP contribution in [0.5, 0.6) is 5.75 Å². The number of fused-ring (bicyclic) bond motifs is 2. The van der Waals surface area contributed by atoms with Gasteiger partial charge in [0, 0.05) is 30.5 Å². The van der Waals surface area contributed by atoms with Gasteiger partial charge in [0.25, 0.3) is 0 Å². The third-order valence-electron chi connectivity index (χ3n) is 4.31. The summed E-state index contributed by atoms with van der Waals surface area (Å²) in [6.45, 7) is 1.92. The van der Waals surface area contributed by atoms with Gasteiger partial charge in [0.1, 0.15) is 11.5 Å². The van der Waals surface area contributed by atoms with Crippen molar-refractivity contribution >= 4 is 10.8 Å². The van der Waals surface area contributed by atoms with Crippen molar-refractivity contribution in [2.24, 2.45) is 0 Å². The molecule has 0 radical (unpaired) electrons. The van der Waals surface area contributed by atoms with Gasteiger partial charge in [-0.15, -0.1) is 0 Å². The number of ether oxygens (including phenoxy) is 1. The van der Waals surface area contributed by atoms with Crippen LogP contribution in [-0.2, 0) is 6.54 Å². The Hall–Kier alpha value is -2.26. The van der Waals surface area contributed by atoms with Crippen molar-refractivity contribution in [1.29, 1.82) is 0 Å². The summed E-state index contributed by atoms with van der Waals surface area (Å²) < 4.78 is 12.1. The molecule has 4 rings (SSSR count). The van der Waals surface area contributed by atoms with E-state index in [4.69, 9.17) is 9.15 Å². The molecule has 0 fully saturated rings. The lowest BCUT2D eigenvalue weighted by atomic mass is 10.1. The minimum atomic E-state index is -0.0271. The van der Waals surface area contributed by atoms with Crippen LogP contribution in [0.3, 0.4) is 0 Å². The molecule has 0 amide bonds. The van der Waals surface area contributed by atoms with Crippen molar-refractivity contribution in [3.05, 3.63) is 66.1 Å². The highest BCUT2D eigenvalue weighted by Crippen LogP contribution is 2.34. The molecule has 1 aliphatic heterocycles. The Bertz CT molecular complexity index is 787. The molecule has 0 aliphatic carbocycles. The van der Waals surface area contributed by atoms with E-state index in [0.717, 1.165) is 36.4 Å². The van der Waals surface area contributed by atoms with Crippen LogP contribution >= 0.6 is 0 Å². The lowest BCUT2D eigenvalue weighted by Crippen LogP contribution is -2.18. The first-order valence-corrected chi connectivity index (χ1v) is 7.70. The van der Waals surface area contributed by atoms with Crippen molar-refractivity contribution in [2.45, 2.75) is 19.1 Å². The smallest absolute Gasteiger partial charge is 0.158 e. The van der Waals surface area contributed by atoms with Crippen LogP contribution in [0.1, 0.15) is 23.8 Å². The predicted molar refractivity (Wildman–Crippen MR) is 87.0 cm³/mol. The third-order valence-corrected chi connectivity index (χ3v) is 4.31. The number of rotatable bonds is 2. The van der Waals surface area contributed by atoms with E-state index in [1.54, 1.807) is 6.26 Å². The van der Waals surface area contributed by atoms with Gasteiger partial charge in [-0.2, -0.15) is 0 Å². The van der Waals surface area contributed by atoms with Gasteiger partial charge in [-0.3, -0.25) is 0 Å². The van der Waals surface area contributed by atoms with Crippen LogP contribution in [0.4, 0.5) is 0 Å². The summed E-state index contributed by atoms with van der Waals surface area (Å²) in [5, 5.41) is 2.35. The molecule has 0 saturated carbocycles. The lowest BCUT2D eigenvalue weighted by Gasteiger charge is -2.18. The van der Waals surface area contributed by atoms with Gasteiger partial charge in [-0.05, 0) is 24.6 Å². The predicted octanol–water partition coefficient (Wildman–Crippen LogP) is 4.39. The van der Waals surface area contributed by atoms with Crippen LogP contribution in [-0.4, -0.2) is 18.5 Å².